The van der Waals surface area contributed by atoms with E-state index < -0.39 is 0 Å². The molecule has 0 radical (unpaired) electrons. The Balaban J connectivity index is 2.74. The molecule has 1 aromatic rings. The molecule has 0 atom stereocenters. The number of nitrogens with two attached hydrogens (primary N) is 1. The van der Waals surface area contributed by atoms with Crippen molar-refractivity contribution in [2.75, 3.05) is 5.32 Å². The number of hydrogen-bond acceptors (Lipinski definition) is 3. The minimum atomic E-state index is -0.302. The van der Waals surface area contributed by atoms with Crippen LogP contribution in [0.3, 0.4) is 0 Å². The third-order valence-corrected chi connectivity index (χ3v) is 2.35. The molecular formula is C11H15N3O2. The van der Waals surface area contributed by atoms with Gasteiger partial charge in [0, 0.05) is 5.69 Å². The molecule has 5 heteroatoms. The van der Waals surface area contributed by atoms with Gasteiger partial charge in [-0.15, -0.1) is 0 Å². The highest BCUT2D eigenvalue weighted by Gasteiger charge is 2.07. The van der Waals surface area contributed by atoms with Crippen LogP contribution < -0.4 is 11.1 Å². The first-order chi connectivity index (χ1) is 7.54. The molecule has 1 amide bonds. The number of oxime groups is 1. The van der Waals surface area contributed by atoms with Crippen molar-refractivity contribution >= 4 is 17.4 Å². The monoisotopic (exact) mass is 221 g/mol. The second-order valence-corrected chi connectivity index (χ2v) is 3.56. The number of nitrogens with zero attached hydrogens (tertiary/aromatic N) is 1. The fraction of sp³-hybridized carbons (Fsp3) is 0.273. The zero-order chi connectivity index (χ0) is 12.1. The van der Waals surface area contributed by atoms with Gasteiger partial charge in [0.05, 0.1) is 6.42 Å². The summed E-state index contributed by atoms with van der Waals surface area (Å²) in [6.07, 6.45) is -0.121. The van der Waals surface area contributed by atoms with E-state index in [1.165, 1.54) is 0 Å². The maximum Gasteiger partial charge on any atom is 0.232 e. The second-order valence-electron chi connectivity index (χ2n) is 3.56. The van der Waals surface area contributed by atoms with E-state index in [-0.39, 0.29) is 18.2 Å². The first-order valence-corrected chi connectivity index (χ1v) is 4.87. The van der Waals surface area contributed by atoms with Crippen molar-refractivity contribution in [2.24, 2.45) is 10.9 Å². The number of benzene rings is 1. The molecule has 5 nitrogen and oxygen atoms in total. The number of aryl methyl sites for hydroxylation is 1. The molecule has 0 spiro atoms. The fourth-order valence-corrected chi connectivity index (χ4v) is 1.28. The van der Waals surface area contributed by atoms with Crippen LogP contribution in [0, 0.1) is 13.8 Å². The van der Waals surface area contributed by atoms with Gasteiger partial charge < -0.3 is 16.3 Å². The molecular weight excluding hydrogens is 206 g/mol. The molecule has 0 aliphatic heterocycles. The Kier molecular flexibility index (Phi) is 3.88. The molecule has 0 saturated carbocycles. The summed E-state index contributed by atoms with van der Waals surface area (Å²) >= 11 is 0. The van der Waals surface area contributed by atoms with Crippen LogP contribution in [-0.2, 0) is 4.79 Å². The van der Waals surface area contributed by atoms with E-state index in [4.69, 9.17) is 10.9 Å². The Morgan fingerprint density at radius 2 is 2.19 bits per heavy atom. The number of nitrogens with one attached hydrogen (secondary N) is 1. The molecule has 0 saturated heterocycles. The summed E-state index contributed by atoms with van der Waals surface area (Å²) in [4.78, 5) is 11.5. The SMILES string of the molecule is Cc1cccc(NC(=O)CC(N)=NO)c1C. The minimum absolute atomic E-state index is 0.109. The van der Waals surface area contributed by atoms with Crippen LogP contribution >= 0.6 is 0 Å². The van der Waals surface area contributed by atoms with E-state index in [0.717, 1.165) is 16.8 Å². The topological polar surface area (TPSA) is 87.7 Å². The van der Waals surface area contributed by atoms with Gasteiger partial charge in [-0.2, -0.15) is 0 Å². The summed E-state index contributed by atoms with van der Waals surface area (Å²) in [5, 5.41) is 13.8. The standard InChI is InChI=1S/C11H15N3O2/c1-7-4-3-5-9(8(7)2)13-11(15)6-10(12)14-16/h3-5,16H,6H2,1-2H3,(H2,12,14)(H,13,15). The van der Waals surface area contributed by atoms with Crippen molar-refractivity contribution in [1.29, 1.82) is 0 Å². The lowest BCUT2D eigenvalue weighted by molar-refractivity contribution is -0.115. The van der Waals surface area contributed by atoms with Gasteiger partial charge in [0.25, 0.3) is 0 Å². The molecule has 4 N–H and O–H groups in total. The summed E-state index contributed by atoms with van der Waals surface area (Å²) in [6, 6.07) is 5.64. The highest BCUT2D eigenvalue weighted by molar-refractivity contribution is 6.05. The zero-order valence-corrected chi connectivity index (χ0v) is 9.32. The Hall–Kier alpha value is -2.04. The average Bonchev–Trinajstić information content (AvgIpc) is 2.24. The third kappa shape index (κ3) is 2.98. The van der Waals surface area contributed by atoms with E-state index in [9.17, 15) is 4.79 Å². The molecule has 0 aliphatic rings. The van der Waals surface area contributed by atoms with Crippen LogP contribution in [0.1, 0.15) is 17.5 Å². The predicted octanol–water partition coefficient (Wildman–Crippen LogP) is 1.38. The Morgan fingerprint density at radius 1 is 1.50 bits per heavy atom. The van der Waals surface area contributed by atoms with E-state index in [1.807, 2.05) is 32.0 Å². The van der Waals surface area contributed by atoms with Crippen molar-refractivity contribution in [1.82, 2.24) is 0 Å². The number of amidine groups is 1. The van der Waals surface area contributed by atoms with Crippen molar-refractivity contribution in [3.8, 4) is 0 Å². The first-order valence-electron chi connectivity index (χ1n) is 4.87. The van der Waals surface area contributed by atoms with Gasteiger partial charge in [-0.05, 0) is 31.0 Å². The second kappa shape index (κ2) is 5.16. The number of carbonyl (C=O) groups excluding carboxylic acids is 1. The van der Waals surface area contributed by atoms with Gasteiger partial charge in [-0.1, -0.05) is 17.3 Å². The van der Waals surface area contributed by atoms with Gasteiger partial charge in [0.2, 0.25) is 5.91 Å². The molecule has 0 aliphatic carbocycles. The van der Waals surface area contributed by atoms with Gasteiger partial charge in [-0.3, -0.25) is 4.79 Å². The molecule has 16 heavy (non-hydrogen) atoms. The fourth-order valence-electron chi connectivity index (χ4n) is 1.28. The average molecular weight is 221 g/mol. The third-order valence-electron chi connectivity index (χ3n) is 2.35. The van der Waals surface area contributed by atoms with E-state index in [1.54, 1.807) is 0 Å². The summed E-state index contributed by atoms with van der Waals surface area (Å²) in [5.41, 5.74) is 8.09. The normalized spacial score (nSPS) is 11.2. The highest BCUT2D eigenvalue weighted by atomic mass is 16.4. The van der Waals surface area contributed by atoms with Gasteiger partial charge in [-0.25, -0.2) is 0 Å². The molecule has 1 aromatic carbocycles. The number of hydrogen-bond donors (Lipinski definition) is 3. The maximum atomic E-state index is 11.5. The van der Waals surface area contributed by atoms with Gasteiger partial charge >= 0.3 is 0 Å². The van der Waals surface area contributed by atoms with E-state index in [0.29, 0.717) is 0 Å². The molecule has 86 valence electrons. The summed E-state index contributed by atoms with van der Waals surface area (Å²) in [5.74, 6) is -0.410. The first kappa shape index (κ1) is 12.0. The zero-order valence-electron chi connectivity index (χ0n) is 9.32. The van der Waals surface area contributed by atoms with Crippen LogP contribution in [0.2, 0.25) is 0 Å². The van der Waals surface area contributed by atoms with Crippen molar-refractivity contribution < 1.29 is 10.0 Å². The Bertz CT molecular complexity index is 427. The number of rotatable bonds is 3. The quantitative estimate of drug-likeness (QED) is 0.312. The highest BCUT2D eigenvalue weighted by Crippen LogP contribution is 2.17. The van der Waals surface area contributed by atoms with E-state index >= 15 is 0 Å². The summed E-state index contributed by atoms with van der Waals surface area (Å²) < 4.78 is 0. The lowest BCUT2D eigenvalue weighted by atomic mass is 10.1. The molecule has 0 heterocycles. The maximum absolute atomic E-state index is 11.5. The summed E-state index contributed by atoms with van der Waals surface area (Å²) in [7, 11) is 0. The van der Waals surface area contributed by atoms with Crippen LogP contribution in [0.4, 0.5) is 5.69 Å². The smallest absolute Gasteiger partial charge is 0.232 e. The van der Waals surface area contributed by atoms with Crippen molar-refractivity contribution in [3.63, 3.8) is 0 Å². The molecule has 0 aromatic heterocycles. The van der Waals surface area contributed by atoms with E-state index in [2.05, 4.69) is 10.5 Å². The summed E-state index contributed by atoms with van der Waals surface area (Å²) in [6.45, 7) is 3.89. The lowest BCUT2D eigenvalue weighted by Crippen LogP contribution is -2.22. The number of carbonyl (C=O) groups is 1. The molecule has 0 fully saturated rings. The minimum Gasteiger partial charge on any atom is -0.409 e. The largest absolute Gasteiger partial charge is 0.409 e. The van der Waals surface area contributed by atoms with Crippen LogP contribution in [0.25, 0.3) is 0 Å². The number of anilines is 1. The lowest BCUT2D eigenvalue weighted by Gasteiger charge is -2.09. The van der Waals surface area contributed by atoms with Gasteiger partial charge in [0.1, 0.15) is 5.84 Å². The Morgan fingerprint density at radius 3 is 2.81 bits per heavy atom. The molecule has 0 bridgehead atoms. The van der Waals surface area contributed by atoms with Crippen LogP contribution in [0.15, 0.2) is 23.4 Å². The van der Waals surface area contributed by atoms with Crippen molar-refractivity contribution in [2.45, 2.75) is 20.3 Å². The Labute approximate surface area is 94.0 Å². The van der Waals surface area contributed by atoms with Crippen LogP contribution in [-0.4, -0.2) is 17.0 Å². The molecule has 0 unspecified atom stereocenters. The van der Waals surface area contributed by atoms with Crippen molar-refractivity contribution in [3.05, 3.63) is 29.3 Å². The molecule has 1 rings (SSSR count). The van der Waals surface area contributed by atoms with Gasteiger partial charge in [0.15, 0.2) is 0 Å². The van der Waals surface area contributed by atoms with Crippen LogP contribution in [0.5, 0.6) is 0 Å². The predicted molar refractivity (Wildman–Crippen MR) is 62.6 cm³/mol. The number of amides is 1.